The number of hydrogen-bond acceptors (Lipinski definition) is 6. The van der Waals surface area contributed by atoms with Gasteiger partial charge in [0.1, 0.15) is 6.04 Å². The molecule has 1 rings (SSSR count). The summed E-state index contributed by atoms with van der Waals surface area (Å²) >= 11 is 0. The second kappa shape index (κ2) is 7.30. The number of nitrogens with one attached hydrogen (secondary N) is 1. The van der Waals surface area contributed by atoms with Crippen LogP contribution in [0.3, 0.4) is 0 Å². The van der Waals surface area contributed by atoms with Crippen molar-refractivity contribution in [2.45, 2.75) is 19.4 Å². The Morgan fingerprint density at radius 1 is 1.33 bits per heavy atom. The lowest BCUT2D eigenvalue weighted by molar-refractivity contribution is -0.158. The third kappa shape index (κ3) is 4.99. The monoisotopic (exact) mass is 258 g/mol. The second-order valence-electron chi connectivity index (χ2n) is 4.50. The molecule has 0 aliphatic carbocycles. The van der Waals surface area contributed by atoms with Crippen LogP contribution in [-0.4, -0.2) is 67.5 Å². The van der Waals surface area contributed by atoms with E-state index >= 15 is 0 Å². The molecule has 1 aliphatic heterocycles. The van der Waals surface area contributed by atoms with E-state index in [0.29, 0.717) is 6.54 Å². The van der Waals surface area contributed by atoms with E-state index in [2.05, 4.69) is 27.2 Å². The van der Waals surface area contributed by atoms with Crippen LogP contribution in [0.5, 0.6) is 0 Å². The van der Waals surface area contributed by atoms with Crippen LogP contribution < -0.4 is 11.2 Å². The molecule has 1 aliphatic rings. The minimum atomic E-state index is -0.682. The van der Waals surface area contributed by atoms with E-state index in [0.717, 1.165) is 26.2 Å². The highest BCUT2D eigenvalue weighted by Crippen LogP contribution is 1.99. The molecule has 0 aromatic heterocycles. The lowest BCUT2D eigenvalue weighted by Gasteiger charge is -2.33. The van der Waals surface area contributed by atoms with Crippen LogP contribution in [0.4, 0.5) is 0 Å². The first-order valence-corrected chi connectivity index (χ1v) is 6.19. The summed E-state index contributed by atoms with van der Waals surface area (Å²) < 4.78 is 0. The van der Waals surface area contributed by atoms with Crippen LogP contribution in [0.25, 0.3) is 0 Å². The van der Waals surface area contributed by atoms with E-state index in [1.54, 1.807) is 6.92 Å². The van der Waals surface area contributed by atoms with Crippen LogP contribution in [-0.2, 0) is 14.4 Å². The summed E-state index contributed by atoms with van der Waals surface area (Å²) in [5, 5.41) is 0. The third-order valence-electron chi connectivity index (χ3n) is 2.94. The molecule has 0 unspecified atom stereocenters. The largest absolute Gasteiger partial charge is 0.341 e. The average Bonchev–Trinajstić information content (AvgIpc) is 2.38. The number of rotatable bonds is 4. The molecular formula is C11H22N4O3. The Kier molecular flexibility index (Phi) is 6.03. The Balaban J connectivity index is 2.24. The minimum absolute atomic E-state index is 0.216. The smallest absolute Gasteiger partial charge is 0.331 e. The van der Waals surface area contributed by atoms with E-state index in [-0.39, 0.29) is 6.42 Å². The zero-order chi connectivity index (χ0) is 13.5. The van der Waals surface area contributed by atoms with Gasteiger partial charge in [-0.15, -0.1) is 0 Å². The van der Waals surface area contributed by atoms with Gasteiger partial charge in [-0.3, -0.25) is 9.69 Å². The molecule has 1 fully saturated rings. The normalized spacial score (nSPS) is 19.3. The summed E-state index contributed by atoms with van der Waals surface area (Å²) in [6, 6.07) is -0.682. The Bertz CT molecular complexity index is 290. The molecule has 104 valence electrons. The topological polar surface area (TPSA) is 87.9 Å². The number of nitrogens with two attached hydrogens (primary N) is 1. The maximum absolute atomic E-state index is 11.6. The molecule has 0 bridgehead atoms. The van der Waals surface area contributed by atoms with Crippen LogP contribution >= 0.6 is 0 Å². The number of piperazine rings is 1. The van der Waals surface area contributed by atoms with Crippen molar-refractivity contribution in [3.05, 3.63) is 0 Å². The Morgan fingerprint density at radius 2 is 1.94 bits per heavy atom. The first-order valence-electron chi connectivity index (χ1n) is 6.19. The molecule has 18 heavy (non-hydrogen) atoms. The van der Waals surface area contributed by atoms with E-state index in [9.17, 15) is 9.59 Å². The van der Waals surface area contributed by atoms with Crippen molar-refractivity contribution in [3.63, 3.8) is 0 Å². The van der Waals surface area contributed by atoms with Gasteiger partial charge in [0, 0.05) is 39.1 Å². The number of carbonyl (C=O) groups excluding carboxylic acids is 2. The van der Waals surface area contributed by atoms with Crippen LogP contribution in [0.2, 0.25) is 0 Å². The molecule has 0 spiro atoms. The van der Waals surface area contributed by atoms with Crippen molar-refractivity contribution in [1.82, 2.24) is 15.3 Å². The number of nitrogens with zero attached hydrogens (tertiary/aromatic N) is 2. The van der Waals surface area contributed by atoms with Crippen molar-refractivity contribution in [2.75, 3.05) is 39.8 Å². The summed E-state index contributed by atoms with van der Waals surface area (Å²) in [5.41, 5.74) is 7.83. The van der Waals surface area contributed by atoms with Crippen molar-refractivity contribution in [2.24, 2.45) is 5.73 Å². The highest BCUT2D eigenvalue weighted by Gasteiger charge is 2.21. The van der Waals surface area contributed by atoms with Crippen LogP contribution in [0.15, 0.2) is 0 Å². The maximum atomic E-state index is 11.6. The molecule has 1 atom stereocenters. The first kappa shape index (κ1) is 14.9. The fourth-order valence-electron chi connectivity index (χ4n) is 1.65. The molecule has 7 nitrogen and oxygen atoms in total. The van der Waals surface area contributed by atoms with Gasteiger partial charge in [-0.2, -0.15) is 5.48 Å². The summed E-state index contributed by atoms with van der Waals surface area (Å²) in [6.07, 6.45) is 0.216. The minimum Gasteiger partial charge on any atom is -0.341 e. The van der Waals surface area contributed by atoms with Gasteiger partial charge in [0.05, 0.1) is 0 Å². The maximum Gasteiger partial charge on any atom is 0.331 e. The third-order valence-corrected chi connectivity index (χ3v) is 2.94. The van der Waals surface area contributed by atoms with Gasteiger partial charge >= 0.3 is 5.97 Å². The molecule has 1 amide bonds. The summed E-state index contributed by atoms with van der Waals surface area (Å²) in [7, 11) is 2.06. The first-order chi connectivity index (χ1) is 8.52. The van der Waals surface area contributed by atoms with Gasteiger partial charge in [-0.25, -0.2) is 4.79 Å². The molecule has 0 aromatic carbocycles. The van der Waals surface area contributed by atoms with Gasteiger partial charge in [-0.1, -0.05) is 6.92 Å². The predicted molar refractivity (Wildman–Crippen MR) is 66.4 cm³/mol. The van der Waals surface area contributed by atoms with Crippen molar-refractivity contribution < 1.29 is 14.4 Å². The fraction of sp³-hybridized carbons (Fsp3) is 0.818. The van der Waals surface area contributed by atoms with Gasteiger partial charge < -0.3 is 15.5 Å². The van der Waals surface area contributed by atoms with Gasteiger partial charge in [0.25, 0.3) is 5.91 Å². The number of amides is 1. The van der Waals surface area contributed by atoms with Crippen LogP contribution in [0.1, 0.15) is 13.3 Å². The van der Waals surface area contributed by atoms with Gasteiger partial charge in [0.2, 0.25) is 0 Å². The molecule has 3 N–H and O–H groups in total. The van der Waals surface area contributed by atoms with E-state index < -0.39 is 17.9 Å². The van der Waals surface area contributed by atoms with E-state index in [1.807, 2.05) is 0 Å². The number of carbonyl (C=O) groups is 2. The van der Waals surface area contributed by atoms with E-state index in [4.69, 9.17) is 5.73 Å². The highest BCUT2D eigenvalue weighted by molar-refractivity contribution is 5.82. The molecule has 1 heterocycles. The number of hydrogen-bond donors (Lipinski definition) is 2. The average molecular weight is 258 g/mol. The Morgan fingerprint density at radius 3 is 2.50 bits per heavy atom. The Hall–Kier alpha value is -1.18. The molecule has 0 aromatic rings. The highest BCUT2D eigenvalue weighted by atomic mass is 16.7. The number of hydroxylamine groups is 1. The fourth-order valence-corrected chi connectivity index (χ4v) is 1.65. The zero-order valence-electron chi connectivity index (χ0n) is 11.0. The van der Waals surface area contributed by atoms with Crippen molar-refractivity contribution in [3.8, 4) is 0 Å². The van der Waals surface area contributed by atoms with Gasteiger partial charge in [0.15, 0.2) is 0 Å². The summed E-state index contributed by atoms with van der Waals surface area (Å²) in [4.78, 5) is 31.3. The summed E-state index contributed by atoms with van der Waals surface area (Å²) in [5.74, 6) is -0.939. The zero-order valence-corrected chi connectivity index (χ0v) is 11.0. The molecule has 0 saturated carbocycles. The molecule has 7 heteroatoms. The lowest BCUT2D eigenvalue weighted by atomic mass is 10.2. The quantitative estimate of drug-likeness (QED) is 0.600. The SMILES string of the molecule is CCC(=O)ONC(=O)[C@@H](N)CN1CCN(C)CC1. The standard InChI is InChI=1S/C11H22N4O3/c1-3-10(16)18-13-11(17)9(12)8-15-6-4-14(2)5-7-15/h9H,3-8,12H2,1-2H3,(H,13,17)/t9-/m0/s1. The second-order valence-corrected chi connectivity index (χ2v) is 4.50. The van der Waals surface area contributed by atoms with Crippen molar-refractivity contribution >= 4 is 11.9 Å². The molecular weight excluding hydrogens is 236 g/mol. The lowest BCUT2D eigenvalue weighted by Crippen LogP contribution is -2.53. The van der Waals surface area contributed by atoms with Gasteiger partial charge in [-0.05, 0) is 7.05 Å². The number of likely N-dealkylation sites (N-methyl/N-ethyl adjacent to an activating group) is 1. The predicted octanol–water partition coefficient (Wildman–Crippen LogP) is -1.45. The molecule has 0 radical (unpaired) electrons. The summed E-state index contributed by atoms with van der Waals surface area (Å²) in [6.45, 7) is 5.86. The Labute approximate surface area is 107 Å². The molecule has 1 saturated heterocycles. The van der Waals surface area contributed by atoms with E-state index in [1.165, 1.54) is 0 Å². The van der Waals surface area contributed by atoms with Crippen LogP contribution in [0, 0.1) is 0 Å². The van der Waals surface area contributed by atoms with Crippen molar-refractivity contribution in [1.29, 1.82) is 0 Å².